The number of benzene rings is 1. The molecule has 0 radical (unpaired) electrons. The van der Waals surface area contributed by atoms with E-state index in [9.17, 15) is 0 Å². The van der Waals surface area contributed by atoms with E-state index < -0.39 is 0 Å². The Balaban J connectivity index is 1.64. The van der Waals surface area contributed by atoms with Gasteiger partial charge in [0.05, 0.1) is 19.2 Å². The number of methoxy groups -OCH3 is 2. The summed E-state index contributed by atoms with van der Waals surface area (Å²) in [6.07, 6.45) is 5.35. The lowest BCUT2D eigenvalue weighted by molar-refractivity contribution is 0.212. The summed E-state index contributed by atoms with van der Waals surface area (Å²) >= 11 is 6.56. The van der Waals surface area contributed by atoms with Gasteiger partial charge >= 0.3 is 0 Å². The second kappa shape index (κ2) is 7.73. The van der Waals surface area contributed by atoms with Gasteiger partial charge in [-0.15, -0.1) is 0 Å². The molecular formula is C20H31ClN2O2. The number of halogens is 1. The van der Waals surface area contributed by atoms with E-state index in [0.717, 1.165) is 30.0 Å². The molecule has 2 fully saturated rings. The van der Waals surface area contributed by atoms with Crippen LogP contribution in [0.4, 0.5) is 0 Å². The summed E-state index contributed by atoms with van der Waals surface area (Å²) in [6, 6.07) is 5.43. The summed E-state index contributed by atoms with van der Waals surface area (Å²) in [7, 11) is 9.93. The van der Waals surface area contributed by atoms with Crippen LogP contribution in [-0.2, 0) is 6.54 Å². The van der Waals surface area contributed by atoms with Crippen LogP contribution in [0.5, 0.6) is 11.5 Å². The number of fused-ring (bicyclic) bond motifs is 1. The molecule has 25 heavy (non-hydrogen) atoms. The van der Waals surface area contributed by atoms with Crippen LogP contribution in [0, 0.1) is 11.8 Å². The molecule has 4 atom stereocenters. The Morgan fingerprint density at radius 3 is 2.08 bits per heavy atom. The van der Waals surface area contributed by atoms with E-state index in [4.69, 9.17) is 21.1 Å². The van der Waals surface area contributed by atoms with E-state index in [1.54, 1.807) is 14.2 Å². The number of ether oxygens (including phenoxy) is 2. The molecule has 2 aliphatic rings. The maximum Gasteiger partial charge on any atom is 0.179 e. The largest absolute Gasteiger partial charge is 0.493 e. The second-order valence-corrected chi connectivity index (χ2v) is 8.30. The molecule has 0 spiro atoms. The average Bonchev–Trinajstić information content (AvgIpc) is 3.15. The van der Waals surface area contributed by atoms with Crippen LogP contribution in [0.3, 0.4) is 0 Å². The third-order valence-electron chi connectivity index (χ3n) is 6.30. The van der Waals surface area contributed by atoms with Crippen molar-refractivity contribution in [2.45, 2.75) is 44.3 Å². The van der Waals surface area contributed by atoms with Gasteiger partial charge in [-0.3, -0.25) is 4.90 Å². The fraction of sp³-hybridized carbons (Fsp3) is 0.700. The zero-order valence-electron chi connectivity index (χ0n) is 16.1. The molecule has 2 unspecified atom stereocenters. The second-order valence-electron chi connectivity index (χ2n) is 7.92. The van der Waals surface area contributed by atoms with Crippen LogP contribution in [-0.4, -0.2) is 57.2 Å². The zero-order chi connectivity index (χ0) is 18.1. The summed E-state index contributed by atoms with van der Waals surface area (Å²) in [6.45, 7) is 0.848. The number of hydrogen-bond acceptors (Lipinski definition) is 4. The van der Waals surface area contributed by atoms with Crippen molar-refractivity contribution in [1.82, 2.24) is 9.80 Å². The molecule has 0 heterocycles. The van der Waals surface area contributed by atoms with Gasteiger partial charge in [0, 0.05) is 18.6 Å². The first-order valence-corrected chi connectivity index (χ1v) is 9.58. The van der Waals surface area contributed by atoms with Gasteiger partial charge in [0.25, 0.3) is 0 Å². The van der Waals surface area contributed by atoms with Crippen LogP contribution in [0.15, 0.2) is 12.1 Å². The molecule has 0 saturated heterocycles. The Morgan fingerprint density at radius 1 is 0.960 bits per heavy atom. The predicted molar refractivity (Wildman–Crippen MR) is 103 cm³/mol. The minimum absolute atomic E-state index is 0.632. The first-order valence-electron chi connectivity index (χ1n) is 9.20. The summed E-state index contributed by atoms with van der Waals surface area (Å²) in [5.74, 6) is 3.10. The summed E-state index contributed by atoms with van der Waals surface area (Å²) in [4.78, 5) is 4.87. The lowest BCUT2D eigenvalue weighted by Gasteiger charge is -2.27. The van der Waals surface area contributed by atoms with Crippen molar-refractivity contribution < 1.29 is 9.47 Å². The molecule has 1 aromatic rings. The van der Waals surface area contributed by atoms with Gasteiger partial charge in [0.2, 0.25) is 0 Å². The minimum Gasteiger partial charge on any atom is -0.493 e. The van der Waals surface area contributed by atoms with Crippen LogP contribution >= 0.6 is 11.6 Å². The Kier molecular flexibility index (Phi) is 5.81. The monoisotopic (exact) mass is 366 g/mol. The molecule has 140 valence electrons. The van der Waals surface area contributed by atoms with Gasteiger partial charge in [-0.2, -0.15) is 0 Å². The lowest BCUT2D eigenvalue weighted by atomic mass is 10.0. The molecule has 3 rings (SSSR count). The Labute approximate surface area is 157 Å². The SMILES string of the molecule is COc1ccc(CN(C)C2C[C@H]3CC(N(C)C)C[C@H]3C2)c(Cl)c1OC. The molecule has 0 aliphatic heterocycles. The summed E-state index contributed by atoms with van der Waals surface area (Å²) in [5, 5.41) is 0.666. The van der Waals surface area contributed by atoms with Crippen molar-refractivity contribution in [3.05, 3.63) is 22.7 Å². The standard InChI is InChI=1S/C20H31ClN2O2/c1-22(2)16-8-14-10-17(11-15(14)9-16)23(3)12-13-6-7-18(24-4)20(25-5)19(13)21/h6-7,14-17H,8-12H2,1-5H3/t14-,15+,16?,17?. The van der Waals surface area contributed by atoms with Gasteiger partial charge in [-0.25, -0.2) is 0 Å². The van der Waals surface area contributed by atoms with E-state index in [0.29, 0.717) is 22.6 Å². The molecule has 0 aromatic heterocycles. The van der Waals surface area contributed by atoms with E-state index in [-0.39, 0.29) is 0 Å². The van der Waals surface area contributed by atoms with Crippen molar-refractivity contribution in [3.63, 3.8) is 0 Å². The van der Waals surface area contributed by atoms with Crippen LogP contribution in [0.2, 0.25) is 5.02 Å². The van der Waals surface area contributed by atoms with Crippen molar-refractivity contribution in [1.29, 1.82) is 0 Å². The van der Waals surface area contributed by atoms with Crippen LogP contribution in [0.1, 0.15) is 31.2 Å². The first-order chi connectivity index (χ1) is 11.9. The molecule has 2 aliphatic carbocycles. The minimum atomic E-state index is 0.632. The topological polar surface area (TPSA) is 24.9 Å². The summed E-state index contributed by atoms with van der Waals surface area (Å²) < 4.78 is 10.8. The quantitative estimate of drug-likeness (QED) is 0.762. The van der Waals surface area contributed by atoms with E-state index >= 15 is 0 Å². The van der Waals surface area contributed by atoms with Gasteiger partial charge in [0.15, 0.2) is 11.5 Å². The first kappa shape index (κ1) is 18.8. The van der Waals surface area contributed by atoms with Crippen molar-refractivity contribution in [2.75, 3.05) is 35.4 Å². The van der Waals surface area contributed by atoms with E-state index in [1.807, 2.05) is 6.07 Å². The third kappa shape index (κ3) is 3.76. The van der Waals surface area contributed by atoms with E-state index in [2.05, 4.69) is 37.0 Å². The number of hydrogen-bond donors (Lipinski definition) is 0. The van der Waals surface area contributed by atoms with Gasteiger partial charge in [0.1, 0.15) is 0 Å². The molecule has 1 aromatic carbocycles. The normalized spacial score (nSPS) is 28.6. The van der Waals surface area contributed by atoms with Crippen molar-refractivity contribution >= 4 is 11.6 Å². The number of nitrogens with zero attached hydrogens (tertiary/aromatic N) is 2. The molecular weight excluding hydrogens is 336 g/mol. The predicted octanol–water partition coefficient (Wildman–Crippen LogP) is 3.91. The molecule has 5 heteroatoms. The van der Waals surface area contributed by atoms with Crippen molar-refractivity contribution in [2.24, 2.45) is 11.8 Å². The third-order valence-corrected chi connectivity index (χ3v) is 6.72. The molecule has 0 amide bonds. The maximum atomic E-state index is 6.56. The Morgan fingerprint density at radius 2 is 1.56 bits per heavy atom. The fourth-order valence-electron chi connectivity index (χ4n) is 4.78. The molecule has 2 saturated carbocycles. The maximum absolute atomic E-state index is 6.56. The lowest BCUT2D eigenvalue weighted by Crippen LogP contribution is -2.31. The highest BCUT2D eigenvalue weighted by Gasteiger charge is 2.43. The van der Waals surface area contributed by atoms with Gasteiger partial charge in [-0.1, -0.05) is 17.7 Å². The average molecular weight is 367 g/mol. The number of rotatable bonds is 6. The van der Waals surface area contributed by atoms with Gasteiger partial charge < -0.3 is 14.4 Å². The Bertz CT molecular complexity index is 594. The fourth-order valence-corrected chi connectivity index (χ4v) is 5.08. The van der Waals surface area contributed by atoms with Crippen LogP contribution < -0.4 is 9.47 Å². The van der Waals surface area contributed by atoms with Crippen LogP contribution in [0.25, 0.3) is 0 Å². The highest BCUT2D eigenvalue weighted by atomic mass is 35.5. The van der Waals surface area contributed by atoms with Gasteiger partial charge in [-0.05, 0) is 70.3 Å². The Hall–Kier alpha value is -0.970. The van der Waals surface area contributed by atoms with Crippen molar-refractivity contribution in [3.8, 4) is 11.5 Å². The van der Waals surface area contributed by atoms with E-state index in [1.165, 1.54) is 25.7 Å². The smallest absolute Gasteiger partial charge is 0.179 e. The molecule has 4 nitrogen and oxygen atoms in total. The highest BCUT2D eigenvalue weighted by molar-refractivity contribution is 6.33. The molecule has 0 bridgehead atoms. The summed E-state index contributed by atoms with van der Waals surface area (Å²) in [5.41, 5.74) is 1.10. The highest BCUT2D eigenvalue weighted by Crippen LogP contribution is 2.47. The molecule has 0 N–H and O–H groups in total. The zero-order valence-corrected chi connectivity index (χ0v) is 16.8.